The van der Waals surface area contributed by atoms with Crippen molar-refractivity contribution in [3.63, 3.8) is 0 Å². The van der Waals surface area contributed by atoms with Gasteiger partial charge in [-0.15, -0.1) is 0 Å². The highest BCUT2D eigenvalue weighted by Gasteiger charge is 2.10. The van der Waals surface area contributed by atoms with Crippen LogP contribution in [0.25, 0.3) is 11.3 Å². The smallest absolute Gasteiger partial charge is 0.319 e. The Morgan fingerprint density at radius 2 is 2.00 bits per heavy atom. The highest BCUT2D eigenvalue weighted by Crippen LogP contribution is 2.25. The van der Waals surface area contributed by atoms with Crippen molar-refractivity contribution in [2.75, 3.05) is 12.4 Å². The number of carbonyl (C=O) groups excluding carboxylic acids is 1. The van der Waals surface area contributed by atoms with E-state index in [9.17, 15) is 4.79 Å². The van der Waals surface area contributed by atoms with Crippen LogP contribution in [0.4, 0.5) is 10.5 Å². The van der Waals surface area contributed by atoms with Crippen molar-refractivity contribution >= 4 is 11.7 Å². The minimum atomic E-state index is -0.358. The van der Waals surface area contributed by atoms with Crippen LogP contribution < -0.4 is 15.4 Å². The van der Waals surface area contributed by atoms with E-state index in [-0.39, 0.29) is 12.6 Å². The maximum Gasteiger partial charge on any atom is 0.319 e. The lowest BCUT2D eigenvalue weighted by atomic mass is 10.2. The highest BCUT2D eigenvalue weighted by molar-refractivity contribution is 5.91. The van der Waals surface area contributed by atoms with Crippen molar-refractivity contribution in [1.82, 2.24) is 10.3 Å². The Balaban J connectivity index is 1.60. The summed E-state index contributed by atoms with van der Waals surface area (Å²) in [6.07, 6.45) is 1.65. The third-order valence-corrected chi connectivity index (χ3v) is 3.62. The second-order valence-corrected chi connectivity index (χ2v) is 5.50. The summed E-state index contributed by atoms with van der Waals surface area (Å²) in [5, 5.41) is 5.49. The average molecular weight is 337 g/mol. The molecule has 128 valence electrons. The Labute approximate surface area is 145 Å². The van der Waals surface area contributed by atoms with Gasteiger partial charge in [0.1, 0.15) is 5.75 Å². The molecule has 0 unspecified atom stereocenters. The molecule has 0 aliphatic carbocycles. The predicted octanol–water partition coefficient (Wildman–Crippen LogP) is 3.98. The number of rotatable bonds is 5. The summed E-state index contributed by atoms with van der Waals surface area (Å²) >= 11 is 0. The number of ether oxygens (including phenoxy) is 1. The van der Waals surface area contributed by atoms with Crippen molar-refractivity contribution in [3.8, 4) is 17.1 Å². The number of benzene rings is 2. The number of urea groups is 1. The number of amides is 2. The van der Waals surface area contributed by atoms with Gasteiger partial charge in [0.15, 0.2) is 5.76 Å². The lowest BCUT2D eigenvalue weighted by Gasteiger charge is -2.11. The first-order valence-corrected chi connectivity index (χ1v) is 7.85. The standard InChI is InChI=1S/C19H19N3O3/c1-13-8-9-16(24-2)15(10-13)22-19(23)21-12-18-20-11-17(25-18)14-6-4-3-5-7-14/h3-11H,12H2,1-2H3,(H2,21,22,23). The number of anilines is 1. The second-order valence-electron chi connectivity index (χ2n) is 5.50. The van der Waals surface area contributed by atoms with Gasteiger partial charge in [-0.05, 0) is 24.6 Å². The highest BCUT2D eigenvalue weighted by atomic mass is 16.5. The van der Waals surface area contributed by atoms with Crippen molar-refractivity contribution in [1.29, 1.82) is 0 Å². The van der Waals surface area contributed by atoms with E-state index >= 15 is 0 Å². The van der Waals surface area contributed by atoms with Crippen molar-refractivity contribution in [2.45, 2.75) is 13.5 Å². The summed E-state index contributed by atoms with van der Waals surface area (Å²) in [5.74, 6) is 1.70. The van der Waals surface area contributed by atoms with Gasteiger partial charge in [0.25, 0.3) is 0 Å². The number of nitrogens with one attached hydrogen (secondary N) is 2. The number of hydrogen-bond acceptors (Lipinski definition) is 4. The maximum atomic E-state index is 12.1. The zero-order chi connectivity index (χ0) is 17.6. The Kier molecular flexibility index (Phi) is 4.99. The van der Waals surface area contributed by atoms with Crippen LogP contribution in [-0.4, -0.2) is 18.1 Å². The van der Waals surface area contributed by atoms with Gasteiger partial charge >= 0.3 is 6.03 Å². The predicted molar refractivity (Wildman–Crippen MR) is 95.5 cm³/mol. The third-order valence-electron chi connectivity index (χ3n) is 3.62. The molecule has 0 aliphatic rings. The molecule has 0 spiro atoms. The second kappa shape index (κ2) is 7.53. The lowest BCUT2D eigenvalue weighted by molar-refractivity contribution is 0.250. The first kappa shape index (κ1) is 16.6. The first-order chi connectivity index (χ1) is 12.2. The van der Waals surface area contributed by atoms with Crippen LogP contribution in [0, 0.1) is 6.92 Å². The van der Waals surface area contributed by atoms with Crippen LogP contribution in [0.15, 0.2) is 59.1 Å². The summed E-state index contributed by atoms with van der Waals surface area (Å²) in [7, 11) is 1.56. The summed E-state index contributed by atoms with van der Waals surface area (Å²) in [4.78, 5) is 16.3. The van der Waals surface area contributed by atoms with Gasteiger partial charge in [-0.25, -0.2) is 9.78 Å². The molecule has 0 atom stereocenters. The van der Waals surface area contributed by atoms with Crippen LogP contribution in [-0.2, 0) is 6.54 Å². The van der Waals surface area contributed by atoms with Crippen molar-refractivity contribution in [3.05, 3.63) is 66.2 Å². The fourth-order valence-corrected chi connectivity index (χ4v) is 2.37. The zero-order valence-corrected chi connectivity index (χ0v) is 14.1. The molecule has 0 radical (unpaired) electrons. The van der Waals surface area contributed by atoms with Crippen LogP contribution in [0.1, 0.15) is 11.5 Å². The number of nitrogens with zero attached hydrogens (tertiary/aromatic N) is 1. The normalized spacial score (nSPS) is 10.3. The molecule has 0 bridgehead atoms. The van der Waals surface area contributed by atoms with E-state index in [0.717, 1.165) is 11.1 Å². The van der Waals surface area contributed by atoms with E-state index in [1.54, 1.807) is 13.3 Å². The molecule has 3 rings (SSSR count). The van der Waals surface area contributed by atoms with Crippen LogP contribution >= 0.6 is 0 Å². The topological polar surface area (TPSA) is 76.4 Å². The number of carbonyl (C=O) groups is 1. The Hall–Kier alpha value is -3.28. The van der Waals surface area contributed by atoms with E-state index in [2.05, 4.69) is 15.6 Å². The van der Waals surface area contributed by atoms with Gasteiger partial charge in [0.05, 0.1) is 25.5 Å². The molecular formula is C19H19N3O3. The molecule has 3 aromatic rings. The molecule has 0 fully saturated rings. The van der Waals surface area contributed by atoms with E-state index in [4.69, 9.17) is 9.15 Å². The van der Waals surface area contributed by atoms with Gasteiger partial charge in [-0.1, -0.05) is 36.4 Å². The minimum Gasteiger partial charge on any atom is -0.495 e. The van der Waals surface area contributed by atoms with Gasteiger partial charge in [0.2, 0.25) is 5.89 Å². The monoisotopic (exact) mass is 337 g/mol. The fourth-order valence-electron chi connectivity index (χ4n) is 2.37. The van der Waals surface area contributed by atoms with Crippen LogP contribution in [0.5, 0.6) is 5.75 Å². The van der Waals surface area contributed by atoms with Crippen LogP contribution in [0.2, 0.25) is 0 Å². The van der Waals surface area contributed by atoms with E-state index in [0.29, 0.717) is 23.1 Å². The number of hydrogen-bond donors (Lipinski definition) is 2. The maximum absolute atomic E-state index is 12.1. The molecular weight excluding hydrogens is 318 g/mol. The number of aryl methyl sites for hydroxylation is 1. The summed E-state index contributed by atoms with van der Waals surface area (Å²) in [6, 6.07) is 14.9. The summed E-state index contributed by atoms with van der Waals surface area (Å²) in [6.45, 7) is 2.13. The van der Waals surface area contributed by atoms with E-state index < -0.39 is 0 Å². The number of aromatic nitrogens is 1. The fraction of sp³-hybridized carbons (Fsp3) is 0.158. The molecule has 6 heteroatoms. The molecule has 1 aromatic heterocycles. The van der Waals surface area contributed by atoms with Crippen LogP contribution in [0.3, 0.4) is 0 Å². The lowest BCUT2D eigenvalue weighted by Crippen LogP contribution is -2.28. The Morgan fingerprint density at radius 3 is 2.76 bits per heavy atom. The largest absolute Gasteiger partial charge is 0.495 e. The molecule has 0 saturated heterocycles. The Morgan fingerprint density at radius 1 is 1.20 bits per heavy atom. The molecule has 2 aromatic carbocycles. The Bertz CT molecular complexity index is 859. The third kappa shape index (κ3) is 4.17. The minimum absolute atomic E-state index is 0.187. The molecule has 6 nitrogen and oxygen atoms in total. The average Bonchev–Trinajstić information content (AvgIpc) is 3.10. The van der Waals surface area contributed by atoms with Crippen molar-refractivity contribution < 1.29 is 13.9 Å². The molecule has 1 heterocycles. The zero-order valence-electron chi connectivity index (χ0n) is 14.1. The molecule has 0 aliphatic heterocycles. The first-order valence-electron chi connectivity index (χ1n) is 7.85. The van der Waals surface area contributed by atoms with Gasteiger partial charge in [0, 0.05) is 5.56 Å². The number of methoxy groups -OCH3 is 1. The summed E-state index contributed by atoms with van der Waals surface area (Å²) < 4.78 is 10.9. The molecule has 0 saturated carbocycles. The van der Waals surface area contributed by atoms with Gasteiger partial charge in [-0.2, -0.15) is 0 Å². The molecule has 2 N–H and O–H groups in total. The van der Waals surface area contributed by atoms with E-state index in [1.165, 1.54) is 0 Å². The summed E-state index contributed by atoms with van der Waals surface area (Å²) in [5.41, 5.74) is 2.57. The number of oxazole rings is 1. The van der Waals surface area contributed by atoms with Gasteiger partial charge < -0.3 is 19.8 Å². The SMILES string of the molecule is COc1ccc(C)cc1NC(=O)NCc1ncc(-c2ccccc2)o1. The van der Waals surface area contributed by atoms with Crippen molar-refractivity contribution in [2.24, 2.45) is 0 Å². The van der Waals surface area contributed by atoms with E-state index in [1.807, 2.05) is 55.5 Å². The van der Waals surface area contributed by atoms with Gasteiger partial charge in [-0.3, -0.25) is 0 Å². The molecule has 2 amide bonds. The molecule has 25 heavy (non-hydrogen) atoms. The quantitative estimate of drug-likeness (QED) is 0.738.